The average Bonchev–Trinajstić information content (AvgIpc) is 3.26. The molecular weight excluding hydrogens is 494 g/mol. The molecule has 0 spiro atoms. The third kappa shape index (κ3) is 5.55. The quantitative estimate of drug-likeness (QED) is 0.254. The first-order valence-corrected chi connectivity index (χ1v) is 12.3. The Morgan fingerprint density at radius 3 is 2.49 bits per heavy atom. The Kier molecular flexibility index (Phi) is 7.46. The molecule has 2 aromatic heterocycles. The van der Waals surface area contributed by atoms with E-state index in [2.05, 4.69) is 20.6 Å². The number of fused-ring (bicyclic) bond motifs is 1. The molecule has 196 valence electrons. The smallest absolute Gasteiger partial charge is 0.339 e. The zero-order valence-corrected chi connectivity index (χ0v) is 21.2. The van der Waals surface area contributed by atoms with E-state index in [4.69, 9.17) is 10.5 Å². The van der Waals surface area contributed by atoms with Crippen LogP contribution in [0.15, 0.2) is 102 Å². The standard InChI is InChI=1S/C29H27N7O3/c1-31-16-6-11-25(37)32-18-20-7-5-8-22(17-20)36-28-26(27(30)33-19-34-28)35(29(36)38)21-12-14-24(15-13-21)39-23-9-3-2-4-10-23/h2-15,17,19,31H,16,18H2,1H3,(H,32,37)(H2,30,33,34)/b11-6+. The van der Waals surface area contributed by atoms with Crippen LogP contribution in [-0.2, 0) is 11.3 Å². The molecule has 10 nitrogen and oxygen atoms in total. The van der Waals surface area contributed by atoms with Crippen LogP contribution in [0.3, 0.4) is 0 Å². The predicted octanol–water partition coefficient (Wildman–Crippen LogP) is 3.34. The van der Waals surface area contributed by atoms with Crippen LogP contribution in [0, 0.1) is 0 Å². The third-order valence-electron chi connectivity index (χ3n) is 5.95. The lowest BCUT2D eigenvalue weighted by Gasteiger charge is -2.08. The Hall–Kier alpha value is -5.22. The molecule has 0 unspecified atom stereocenters. The second-order valence-corrected chi connectivity index (χ2v) is 8.64. The van der Waals surface area contributed by atoms with Crippen molar-refractivity contribution < 1.29 is 9.53 Å². The summed E-state index contributed by atoms with van der Waals surface area (Å²) in [6, 6.07) is 23.9. The van der Waals surface area contributed by atoms with Gasteiger partial charge in [-0.1, -0.05) is 36.4 Å². The van der Waals surface area contributed by atoms with Crippen LogP contribution in [0.1, 0.15) is 5.56 Å². The number of nitrogens with one attached hydrogen (secondary N) is 2. The van der Waals surface area contributed by atoms with Gasteiger partial charge in [-0.15, -0.1) is 0 Å². The summed E-state index contributed by atoms with van der Waals surface area (Å²) in [5, 5.41) is 5.79. The van der Waals surface area contributed by atoms with Gasteiger partial charge in [0, 0.05) is 19.2 Å². The molecule has 5 aromatic rings. The van der Waals surface area contributed by atoms with Gasteiger partial charge in [-0.25, -0.2) is 19.3 Å². The minimum atomic E-state index is -0.356. The molecule has 1 amide bonds. The summed E-state index contributed by atoms with van der Waals surface area (Å²) in [6.07, 6.45) is 4.55. The number of anilines is 1. The summed E-state index contributed by atoms with van der Waals surface area (Å²) < 4.78 is 8.86. The number of carbonyl (C=O) groups excluding carboxylic acids is 1. The highest BCUT2D eigenvalue weighted by molar-refractivity contribution is 5.87. The molecule has 0 radical (unpaired) electrons. The average molecular weight is 522 g/mol. The predicted molar refractivity (Wildman–Crippen MR) is 150 cm³/mol. The van der Waals surface area contributed by atoms with Crippen LogP contribution >= 0.6 is 0 Å². The maximum atomic E-state index is 13.8. The van der Waals surface area contributed by atoms with Crippen molar-refractivity contribution in [3.8, 4) is 22.9 Å². The summed E-state index contributed by atoms with van der Waals surface area (Å²) in [4.78, 5) is 34.4. The van der Waals surface area contributed by atoms with Crippen molar-refractivity contribution in [1.82, 2.24) is 29.7 Å². The number of nitrogens with zero attached hydrogens (tertiary/aromatic N) is 4. The number of ether oxygens (including phenoxy) is 1. The number of carbonyl (C=O) groups is 1. The van der Waals surface area contributed by atoms with Crippen molar-refractivity contribution in [2.45, 2.75) is 6.54 Å². The number of hydrogen-bond acceptors (Lipinski definition) is 7. The Labute approximate surface area is 224 Å². The number of amides is 1. The molecule has 5 rings (SSSR count). The van der Waals surface area contributed by atoms with E-state index in [0.29, 0.717) is 47.1 Å². The number of imidazole rings is 1. The first kappa shape index (κ1) is 25.4. The number of benzene rings is 3. The van der Waals surface area contributed by atoms with Crippen molar-refractivity contribution in [2.24, 2.45) is 0 Å². The van der Waals surface area contributed by atoms with Gasteiger partial charge in [0.2, 0.25) is 5.91 Å². The fourth-order valence-corrected chi connectivity index (χ4v) is 4.14. The summed E-state index contributed by atoms with van der Waals surface area (Å²) in [6.45, 7) is 0.896. The van der Waals surface area contributed by atoms with E-state index in [0.717, 1.165) is 5.56 Å². The lowest BCUT2D eigenvalue weighted by molar-refractivity contribution is -0.116. The molecule has 0 aliphatic heterocycles. The Morgan fingerprint density at radius 1 is 0.949 bits per heavy atom. The van der Waals surface area contributed by atoms with Crippen molar-refractivity contribution in [3.63, 3.8) is 0 Å². The van der Waals surface area contributed by atoms with E-state index >= 15 is 0 Å². The zero-order valence-electron chi connectivity index (χ0n) is 21.2. The van der Waals surface area contributed by atoms with E-state index in [1.54, 1.807) is 43.5 Å². The van der Waals surface area contributed by atoms with Crippen LogP contribution in [0.25, 0.3) is 22.5 Å². The lowest BCUT2D eigenvalue weighted by Crippen LogP contribution is -2.23. The normalized spacial score (nSPS) is 11.2. The molecule has 0 saturated heterocycles. The second kappa shape index (κ2) is 11.4. The number of nitrogens with two attached hydrogens (primary N) is 1. The molecule has 4 N–H and O–H groups in total. The molecule has 0 atom stereocenters. The maximum Gasteiger partial charge on any atom is 0.339 e. The Balaban J connectivity index is 1.49. The number of para-hydroxylation sites is 1. The highest BCUT2D eigenvalue weighted by atomic mass is 16.5. The molecule has 10 heteroatoms. The summed E-state index contributed by atoms with van der Waals surface area (Å²) in [5.74, 6) is 1.31. The lowest BCUT2D eigenvalue weighted by atomic mass is 10.2. The summed E-state index contributed by atoms with van der Waals surface area (Å²) in [7, 11) is 1.81. The van der Waals surface area contributed by atoms with Gasteiger partial charge in [0.15, 0.2) is 11.5 Å². The number of likely N-dealkylation sites (N-methyl/N-ethyl adjacent to an activating group) is 1. The van der Waals surface area contributed by atoms with E-state index in [9.17, 15) is 9.59 Å². The first-order chi connectivity index (χ1) is 19.0. The molecule has 0 saturated carbocycles. The minimum absolute atomic E-state index is 0.178. The molecule has 0 aliphatic rings. The van der Waals surface area contributed by atoms with E-state index < -0.39 is 0 Å². The third-order valence-corrected chi connectivity index (χ3v) is 5.95. The van der Waals surface area contributed by atoms with Crippen molar-refractivity contribution in [1.29, 1.82) is 0 Å². The van der Waals surface area contributed by atoms with Crippen LogP contribution in [0.4, 0.5) is 5.82 Å². The number of nitrogen functional groups attached to an aromatic ring is 1. The molecule has 3 aromatic carbocycles. The fraction of sp³-hybridized carbons (Fsp3) is 0.103. The van der Waals surface area contributed by atoms with Crippen molar-refractivity contribution in [3.05, 3.63) is 113 Å². The topological polar surface area (TPSA) is 129 Å². The largest absolute Gasteiger partial charge is 0.457 e. The summed E-state index contributed by atoms with van der Waals surface area (Å²) in [5.41, 5.74) is 8.64. The monoisotopic (exact) mass is 521 g/mol. The molecule has 2 heterocycles. The van der Waals surface area contributed by atoms with Gasteiger partial charge >= 0.3 is 5.69 Å². The number of rotatable bonds is 9. The van der Waals surface area contributed by atoms with Crippen LogP contribution in [0.5, 0.6) is 11.5 Å². The first-order valence-electron chi connectivity index (χ1n) is 12.3. The summed E-state index contributed by atoms with van der Waals surface area (Å²) >= 11 is 0. The molecule has 39 heavy (non-hydrogen) atoms. The highest BCUT2D eigenvalue weighted by Crippen LogP contribution is 2.26. The molecule has 0 bridgehead atoms. The van der Waals surface area contributed by atoms with Crippen LogP contribution in [0.2, 0.25) is 0 Å². The zero-order chi connectivity index (χ0) is 27.2. The number of aromatic nitrogens is 4. The number of hydrogen-bond donors (Lipinski definition) is 3. The van der Waals surface area contributed by atoms with Gasteiger partial charge in [-0.05, 0) is 61.1 Å². The fourth-order valence-electron chi connectivity index (χ4n) is 4.14. The second-order valence-electron chi connectivity index (χ2n) is 8.64. The van der Waals surface area contributed by atoms with Gasteiger partial charge in [-0.3, -0.25) is 9.36 Å². The Morgan fingerprint density at radius 2 is 1.72 bits per heavy atom. The van der Waals surface area contributed by atoms with Gasteiger partial charge < -0.3 is 21.1 Å². The van der Waals surface area contributed by atoms with Gasteiger partial charge in [0.25, 0.3) is 0 Å². The molecule has 0 aliphatic carbocycles. The Bertz CT molecular complexity index is 1690. The maximum absolute atomic E-state index is 13.8. The van der Waals surface area contributed by atoms with Crippen molar-refractivity contribution >= 4 is 22.9 Å². The van der Waals surface area contributed by atoms with Gasteiger partial charge in [0.1, 0.15) is 23.3 Å². The van der Waals surface area contributed by atoms with E-state index in [1.807, 2.05) is 48.5 Å². The highest BCUT2D eigenvalue weighted by Gasteiger charge is 2.20. The molecule has 0 fully saturated rings. The van der Waals surface area contributed by atoms with Crippen LogP contribution in [-0.4, -0.2) is 38.6 Å². The molecular formula is C29H27N7O3. The van der Waals surface area contributed by atoms with E-state index in [1.165, 1.54) is 21.5 Å². The van der Waals surface area contributed by atoms with Gasteiger partial charge in [0.05, 0.1) is 11.4 Å². The minimum Gasteiger partial charge on any atom is -0.457 e. The van der Waals surface area contributed by atoms with Crippen molar-refractivity contribution in [2.75, 3.05) is 19.3 Å². The van der Waals surface area contributed by atoms with E-state index in [-0.39, 0.29) is 17.4 Å². The SMILES string of the molecule is CNC/C=C/C(=O)NCc1cccc(-n2c(=O)n(-c3ccc(Oc4ccccc4)cc3)c3c(N)ncnc32)c1. The van der Waals surface area contributed by atoms with Crippen LogP contribution < -0.4 is 26.8 Å². The van der Waals surface area contributed by atoms with Gasteiger partial charge in [-0.2, -0.15) is 0 Å².